The van der Waals surface area contributed by atoms with Crippen LogP contribution in [0.25, 0.3) is 0 Å². The summed E-state index contributed by atoms with van der Waals surface area (Å²) in [4.78, 5) is 33.4. The van der Waals surface area contributed by atoms with Gasteiger partial charge in [-0.05, 0) is 6.42 Å². The van der Waals surface area contributed by atoms with E-state index in [1.165, 1.54) is 12.4 Å². The van der Waals surface area contributed by atoms with Gasteiger partial charge in [0.1, 0.15) is 30.2 Å². The van der Waals surface area contributed by atoms with Crippen LogP contribution in [0, 0.1) is 11.8 Å². The molecule has 0 unspecified atom stereocenters. The molecule has 11 heteroatoms. The molecule has 1 saturated heterocycles. The van der Waals surface area contributed by atoms with Crippen LogP contribution in [0.2, 0.25) is 0 Å². The smallest absolute Gasteiger partial charge is 0.318 e. The Balaban J connectivity index is 1.70. The molecule has 1 aliphatic rings. The van der Waals surface area contributed by atoms with E-state index in [-0.39, 0.29) is 12.2 Å². The van der Waals surface area contributed by atoms with Gasteiger partial charge in [0.25, 0.3) is 10.1 Å². The minimum absolute atomic E-state index is 0.0165. The predicted molar refractivity (Wildman–Crippen MR) is 77.8 cm³/mol. The third kappa shape index (κ3) is 6.99. The molecular weight excluding hydrogens is 342 g/mol. The Morgan fingerprint density at radius 3 is 2.62 bits per heavy atom. The summed E-state index contributed by atoms with van der Waals surface area (Å²) in [5.41, 5.74) is 0.496. The third-order valence-corrected chi connectivity index (χ3v) is 3.21. The summed E-state index contributed by atoms with van der Waals surface area (Å²) in [6, 6.07) is 0. The zero-order valence-corrected chi connectivity index (χ0v) is 13.4. The summed E-state index contributed by atoms with van der Waals surface area (Å²) in [5, 5.41) is 0.694. The minimum atomic E-state index is -4.16. The first-order valence-corrected chi connectivity index (χ1v) is 8.55. The molecule has 0 saturated carbocycles. The van der Waals surface area contributed by atoms with Gasteiger partial charge in [-0.3, -0.25) is 9.35 Å². The van der Waals surface area contributed by atoms with Crippen LogP contribution in [-0.2, 0) is 35.2 Å². The molecule has 1 N–H and O–H groups in total. The highest BCUT2D eigenvalue weighted by Crippen LogP contribution is 2.05. The van der Waals surface area contributed by atoms with E-state index in [0.717, 1.165) is 0 Å². The first-order valence-electron chi connectivity index (χ1n) is 6.94. The Hall–Kier alpha value is -2.10. The zero-order chi connectivity index (χ0) is 17.4. The van der Waals surface area contributed by atoms with Crippen LogP contribution in [0.15, 0.2) is 12.4 Å². The van der Waals surface area contributed by atoms with E-state index in [0.29, 0.717) is 37.0 Å². The highest BCUT2D eigenvalue weighted by Gasteiger charge is 2.18. The number of rotatable bonds is 6. The van der Waals surface area contributed by atoms with E-state index < -0.39 is 21.8 Å². The molecule has 1 aliphatic heterocycles. The van der Waals surface area contributed by atoms with Crippen molar-refractivity contribution in [2.45, 2.75) is 25.0 Å². The summed E-state index contributed by atoms with van der Waals surface area (Å²) in [6.45, 7) is 0.674. The Bertz CT molecular complexity index is 718. The lowest BCUT2D eigenvalue weighted by atomic mass is 10.2. The number of carbonyl (C=O) groups excluding carboxylic acids is 1. The molecule has 0 atom stereocenters. The quantitative estimate of drug-likeness (QED) is 0.423. The van der Waals surface area contributed by atoms with Crippen LogP contribution in [0.4, 0.5) is 0 Å². The van der Waals surface area contributed by atoms with Gasteiger partial charge >= 0.3 is 5.97 Å². The maximum absolute atomic E-state index is 11.4. The first-order chi connectivity index (χ1) is 11.4. The lowest BCUT2D eigenvalue weighted by Crippen LogP contribution is -2.21. The summed E-state index contributed by atoms with van der Waals surface area (Å²) in [6.07, 6.45) is 3.81. The van der Waals surface area contributed by atoms with Crippen LogP contribution < -0.4 is 0 Å². The van der Waals surface area contributed by atoms with Gasteiger partial charge < -0.3 is 4.84 Å². The van der Waals surface area contributed by atoms with Crippen molar-refractivity contribution < 1.29 is 32.3 Å². The molecule has 2 rings (SSSR count). The van der Waals surface area contributed by atoms with Crippen LogP contribution in [0.3, 0.4) is 0 Å². The number of nitrogens with zero attached hydrogens (tertiary/aromatic N) is 3. The van der Waals surface area contributed by atoms with Crippen molar-refractivity contribution in [1.82, 2.24) is 15.4 Å². The average Bonchev–Trinajstić information content (AvgIpc) is 3.00. The highest BCUT2D eigenvalue weighted by atomic mass is 32.2. The molecule has 1 aromatic heterocycles. The van der Waals surface area contributed by atoms with E-state index >= 15 is 0 Å². The second-order valence-corrected chi connectivity index (χ2v) is 6.08. The van der Waals surface area contributed by atoms with Crippen molar-refractivity contribution in [1.29, 1.82) is 0 Å². The number of hydrogen-bond acceptors (Lipinski definition) is 9. The van der Waals surface area contributed by atoms with Gasteiger partial charge in [-0.15, -0.1) is 0 Å². The molecule has 0 radical (unpaired) electrons. The molecule has 130 valence electrons. The maximum Gasteiger partial charge on any atom is 0.330 e. The normalized spacial score (nSPS) is 14.9. The third-order valence-electron chi connectivity index (χ3n) is 2.59. The molecule has 10 nitrogen and oxygen atoms in total. The number of aromatic nitrogens is 2. The van der Waals surface area contributed by atoms with Crippen LogP contribution >= 0.6 is 0 Å². The van der Waals surface area contributed by atoms with E-state index in [4.69, 9.17) is 19.1 Å². The second-order valence-electron chi connectivity index (χ2n) is 4.62. The molecule has 0 aliphatic carbocycles. The van der Waals surface area contributed by atoms with Crippen molar-refractivity contribution in [2.75, 3.05) is 13.2 Å². The second kappa shape index (κ2) is 8.67. The first kappa shape index (κ1) is 18.2. The monoisotopic (exact) mass is 357 g/mol. The molecular formula is C13H15N3O7S. The van der Waals surface area contributed by atoms with Gasteiger partial charge in [0, 0.05) is 25.2 Å². The maximum atomic E-state index is 11.4. The lowest BCUT2D eigenvalue weighted by Gasteiger charge is -2.09. The van der Waals surface area contributed by atoms with Crippen molar-refractivity contribution >= 4 is 16.1 Å². The summed E-state index contributed by atoms with van der Waals surface area (Å²) < 4.78 is 30.1. The van der Waals surface area contributed by atoms with Gasteiger partial charge in [0.15, 0.2) is 0 Å². The topological polar surface area (TPSA) is 128 Å². The number of carbonyl (C=O) groups is 1. The van der Waals surface area contributed by atoms with Crippen LogP contribution in [0.1, 0.15) is 30.7 Å². The Kier molecular flexibility index (Phi) is 6.59. The lowest BCUT2D eigenvalue weighted by molar-refractivity contribution is -0.460. The Morgan fingerprint density at radius 1 is 1.33 bits per heavy atom. The van der Waals surface area contributed by atoms with Crippen molar-refractivity contribution in [3.63, 3.8) is 0 Å². The minimum Gasteiger partial charge on any atom is -0.318 e. The average molecular weight is 357 g/mol. The molecule has 0 aromatic carbocycles. The molecule has 0 amide bonds. The van der Waals surface area contributed by atoms with E-state index in [1.54, 1.807) is 0 Å². The van der Waals surface area contributed by atoms with Gasteiger partial charge in [-0.2, -0.15) is 8.42 Å². The van der Waals surface area contributed by atoms with Crippen molar-refractivity contribution in [3.8, 4) is 11.8 Å². The summed E-state index contributed by atoms with van der Waals surface area (Å²) in [5.74, 6) is 4.47. The standard InChI is InChI=1S/C13H15N3O7S/c17-13(23-16-21-6-7-22-16)5-3-1-2-4-11-8-14-12(15-9-11)10-24(18,19)20/h8-9H,1,3,5-7,10H2,(H,18,19,20). The number of unbranched alkanes of at least 4 members (excludes halogenated alkanes) is 1. The zero-order valence-electron chi connectivity index (χ0n) is 12.5. The van der Waals surface area contributed by atoms with Gasteiger partial charge in [-0.25, -0.2) is 19.6 Å². The number of hydrogen-bond donors (Lipinski definition) is 1. The largest absolute Gasteiger partial charge is 0.330 e. The van der Waals surface area contributed by atoms with Crippen molar-refractivity contribution in [2.24, 2.45) is 0 Å². The van der Waals surface area contributed by atoms with Crippen LogP contribution in [-0.4, -0.2) is 47.5 Å². The van der Waals surface area contributed by atoms with Gasteiger partial charge in [0.2, 0.25) is 0 Å². The molecule has 0 bridgehead atoms. The van der Waals surface area contributed by atoms with Gasteiger partial charge in [-0.1, -0.05) is 11.8 Å². The van der Waals surface area contributed by atoms with Gasteiger partial charge in [0.05, 0.1) is 5.56 Å². The van der Waals surface area contributed by atoms with Crippen molar-refractivity contribution in [3.05, 3.63) is 23.8 Å². The summed E-state index contributed by atoms with van der Waals surface area (Å²) in [7, 11) is -4.16. The SMILES string of the molecule is O=C(CCCC#Cc1cnc(CS(=O)(=O)O)nc1)ON1OCCO1. The molecule has 1 aromatic rings. The molecule has 24 heavy (non-hydrogen) atoms. The van der Waals surface area contributed by atoms with E-state index in [1.807, 2.05) is 0 Å². The fraction of sp³-hybridized carbons (Fsp3) is 0.462. The molecule has 2 heterocycles. The fourth-order valence-electron chi connectivity index (χ4n) is 1.59. The highest BCUT2D eigenvalue weighted by molar-refractivity contribution is 7.84. The predicted octanol–water partition coefficient (Wildman–Crippen LogP) is 0.0232. The molecule has 0 spiro atoms. The van der Waals surface area contributed by atoms with E-state index in [9.17, 15) is 13.2 Å². The van der Waals surface area contributed by atoms with Crippen LogP contribution in [0.5, 0.6) is 0 Å². The Morgan fingerprint density at radius 2 is 2.00 bits per heavy atom. The Labute approximate surface area is 138 Å². The van der Waals surface area contributed by atoms with E-state index in [2.05, 4.69) is 21.8 Å². The molecule has 1 fully saturated rings. The fourth-order valence-corrected chi connectivity index (χ4v) is 2.06. The summed E-state index contributed by atoms with van der Waals surface area (Å²) >= 11 is 0.